The van der Waals surface area contributed by atoms with E-state index in [9.17, 15) is 18.4 Å². The van der Waals surface area contributed by atoms with Gasteiger partial charge in [0, 0.05) is 23.6 Å². The number of methoxy groups -OCH3 is 1. The predicted molar refractivity (Wildman–Crippen MR) is 180 cm³/mol. The van der Waals surface area contributed by atoms with Crippen molar-refractivity contribution in [2.45, 2.75) is 85.9 Å². The molecule has 8 heteroatoms. The first-order valence-electron chi connectivity index (χ1n) is 15.5. The zero-order valence-corrected chi connectivity index (χ0v) is 28.4. The van der Waals surface area contributed by atoms with Crippen LogP contribution < -0.4 is 20.7 Å². The summed E-state index contributed by atoms with van der Waals surface area (Å²) >= 11 is 0. The highest BCUT2D eigenvalue weighted by Crippen LogP contribution is 2.42. The van der Waals surface area contributed by atoms with Crippen LogP contribution in [-0.4, -0.2) is 44.5 Å². The van der Waals surface area contributed by atoms with Crippen molar-refractivity contribution in [2.24, 2.45) is 11.3 Å². The summed E-state index contributed by atoms with van der Waals surface area (Å²) in [6.07, 6.45) is 1.53. The molecule has 0 aromatic heterocycles. The Morgan fingerprint density at radius 2 is 1.67 bits per heavy atom. The molecule has 0 aliphatic carbocycles. The second-order valence-electron chi connectivity index (χ2n) is 13.2. The van der Waals surface area contributed by atoms with Crippen molar-refractivity contribution >= 4 is 17.9 Å². The van der Waals surface area contributed by atoms with E-state index in [1.165, 1.54) is 13.2 Å². The topological polar surface area (TPSA) is 79.5 Å². The fourth-order valence-corrected chi connectivity index (χ4v) is 5.27. The quantitative estimate of drug-likeness (QED) is 0.234. The molecule has 2 unspecified atom stereocenters. The van der Waals surface area contributed by atoms with Gasteiger partial charge in [0.1, 0.15) is 23.7 Å². The smallest absolute Gasteiger partial charge is 0.241 e. The Hall–Kier alpha value is -3.62. The lowest BCUT2D eigenvalue weighted by Crippen LogP contribution is -2.42. The van der Waals surface area contributed by atoms with Gasteiger partial charge in [-0.1, -0.05) is 71.9 Å². The summed E-state index contributed by atoms with van der Waals surface area (Å²) in [5.74, 6) is -0.406. The number of rotatable bonds is 7. The van der Waals surface area contributed by atoms with Crippen molar-refractivity contribution in [1.29, 1.82) is 0 Å². The summed E-state index contributed by atoms with van der Waals surface area (Å²) in [5.41, 5.74) is 3.19. The first-order chi connectivity index (χ1) is 21.1. The number of aryl methyl sites for hydroxylation is 2. The van der Waals surface area contributed by atoms with E-state index in [1.807, 2.05) is 39.1 Å². The molecule has 4 rings (SSSR count). The summed E-state index contributed by atoms with van der Waals surface area (Å²) in [4.78, 5) is 24.3. The Bertz CT molecular complexity index is 1380. The number of carbonyl (C=O) groups excluding carboxylic acids is 2. The first-order valence-corrected chi connectivity index (χ1v) is 15.5. The van der Waals surface area contributed by atoms with Gasteiger partial charge in [0.05, 0.1) is 18.8 Å². The molecule has 1 aliphatic rings. The van der Waals surface area contributed by atoms with E-state index in [0.717, 1.165) is 18.3 Å². The number of amides is 1. The van der Waals surface area contributed by atoms with Crippen molar-refractivity contribution in [3.05, 3.63) is 94.6 Å². The van der Waals surface area contributed by atoms with E-state index < -0.39 is 6.04 Å². The van der Waals surface area contributed by atoms with Gasteiger partial charge in [0.25, 0.3) is 0 Å². The Morgan fingerprint density at radius 1 is 1.02 bits per heavy atom. The maximum Gasteiger partial charge on any atom is 0.241 e. The van der Waals surface area contributed by atoms with Gasteiger partial charge in [-0.25, -0.2) is 8.78 Å². The van der Waals surface area contributed by atoms with Crippen LogP contribution in [0, 0.1) is 36.8 Å². The molecule has 3 aromatic carbocycles. The molecule has 246 valence electrons. The zero-order chi connectivity index (χ0) is 33.9. The van der Waals surface area contributed by atoms with Crippen LogP contribution in [0.4, 0.5) is 14.5 Å². The van der Waals surface area contributed by atoms with Gasteiger partial charge in [0.2, 0.25) is 5.91 Å². The average Bonchev–Trinajstić information content (AvgIpc) is 3.29. The minimum absolute atomic E-state index is 0.00998. The SMILES string of the molecule is CNC(C)C.COc1cc(C=O)ccc1NC(=O)C1N[C@H](CC(C)(C)C)C(c2ccc(C)cc2F)[C@@H]1C.Cc1ccccc1F. The van der Waals surface area contributed by atoms with Crippen LogP contribution in [-0.2, 0) is 4.79 Å². The van der Waals surface area contributed by atoms with E-state index >= 15 is 0 Å². The number of aldehydes is 1. The molecule has 1 heterocycles. The molecule has 6 nitrogen and oxygen atoms in total. The van der Waals surface area contributed by atoms with Crippen LogP contribution in [0.15, 0.2) is 60.7 Å². The zero-order valence-electron chi connectivity index (χ0n) is 28.4. The highest BCUT2D eigenvalue weighted by atomic mass is 19.1. The molecular weight excluding hydrogens is 572 g/mol. The lowest BCUT2D eigenvalue weighted by molar-refractivity contribution is -0.118. The summed E-state index contributed by atoms with van der Waals surface area (Å²) in [6.45, 7) is 16.3. The number of benzene rings is 3. The van der Waals surface area contributed by atoms with Crippen LogP contribution in [0.5, 0.6) is 5.75 Å². The molecule has 45 heavy (non-hydrogen) atoms. The third-order valence-corrected chi connectivity index (χ3v) is 7.82. The van der Waals surface area contributed by atoms with Gasteiger partial charge in [-0.05, 0) is 85.7 Å². The fourth-order valence-electron chi connectivity index (χ4n) is 5.27. The van der Waals surface area contributed by atoms with E-state index in [4.69, 9.17) is 4.74 Å². The second kappa shape index (κ2) is 17.2. The van der Waals surface area contributed by atoms with E-state index in [-0.39, 0.29) is 40.8 Å². The number of hydrogen-bond donors (Lipinski definition) is 3. The Labute approximate surface area is 268 Å². The molecule has 0 saturated carbocycles. The molecule has 1 saturated heterocycles. The minimum atomic E-state index is -0.497. The molecule has 1 aliphatic heterocycles. The minimum Gasteiger partial charge on any atom is -0.495 e. The maximum atomic E-state index is 15.0. The standard InChI is InChI=1S/C26H33FN2O3.C7H7F.C4H11N/c1-15-7-9-18(19(27)11-15)23-16(2)24(28-21(23)13-26(3,4)5)25(31)29-20-10-8-17(14-30)12-22(20)32-6;1-6-4-2-3-5-7(6)8;1-4(2)5-3/h7-12,14,16,21,23-24,28H,13H2,1-6H3,(H,29,31);2-5H,1H3;4-5H,1-3H3/t16-,21+,23?,24?;;/m0../s1. The highest BCUT2D eigenvalue weighted by molar-refractivity contribution is 5.97. The average molecular weight is 624 g/mol. The van der Waals surface area contributed by atoms with Gasteiger partial charge in [-0.2, -0.15) is 0 Å². The number of anilines is 1. The van der Waals surface area contributed by atoms with Gasteiger partial charge in [-0.3, -0.25) is 9.59 Å². The molecule has 0 bridgehead atoms. The van der Waals surface area contributed by atoms with Crippen molar-refractivity contribution < 1.29 is 23.1 Å². The predicted octanol–water partition coefficient (Wildman–Crippen LogP) is 7.84. The van der Waals surface area contributed by atoms with Crippen LogP contribution in [0.3, 0.4) is 0 Å². The van der Waals surface area contributed by atoms with Gasteiger partial charge in [0.15, 0.2) is 0 Å². The number of carbonyl (C=O) groups is 2. The second-order valence-corrected chi connectivity index (χ2v) is 13.2. The lowest BCUT2D eigenvalue weighted by atomic mass is 9.77. The Kier molecular flexibility index (Phi) is 14.3. The maximum absolute atomic E-state index is 15.0. The third kappa shape index (κ3) is 11.4. The largest absolute Gasteiger partial charge is 0.495 e. The lowest BCUT2D eigenvalue weighted by Gasteiger charge is -2.29. The van der Waals surface area contributed by atoms with E-state index in [1.54, 1.807) is 43.3 Å². The van der Waals surface area contributed by atoms with Crippen molar-refractivity contribution in [1.82, 2.24) is 10.6 Å². The van der Waals surface area contributed by atoms with Crippen LogP contribution >= 0.6 is 0 Å². The highest BCUT2D eigenvalue weighted by Gasteiger charge is 2.46. The summed E-state index contributed by atoms with van der Waals surface area (Å²) in [7, 11) is 3.44. The summed E-state index contributed by atoms with van der Waals surface area (Å²) in [6, 6.07) is 17.0. The molecule has 3 N–H and O–H groups in total. The Balaban J connectivity index is 0.000000450. The van der Waals surface area contributed by atoms with Crippen LogP contribution in [0.1, 0.15) is 80.9 Å². The Morgan fingerprint density at radius 3 is 2.16 bits per heavy atom. The van der Waals surface area contributed by atoms with Crippen molar-refractivity contribution in [3.8, 4) is 5.75 Å². The molecule has 4 atom stereocenters. The van der Waals surface area contributed by atoms with Crippen molar-refractivity contribution in [3.63, 3.8) is 0 Å². The first kappa shape index (κ1) is 37.6. The molecule has 0 spiro atoms. The van der Waals surface area contributed by atoms with Crippen molar-refractivity contribution in [2.75, 3.05) is 19.5 Å². The summed E-state index contributed by atoms with van der Waals surface area (Å²) < 4.78 is 32.6. The third-order valence-electron chi connectivity index (χ3n) is 7.82. The number of hydrogen-bond acceptors (Lipinski definition) is 5. The van der Waals surface area contributed by atoms with Gasteiger partial charge < -0.3 is 20.7 Å². The van der Waals surface area contributed by atoms with Crippen LogP contribution in [0.25, 0.3) is 0 Å². The molecule has 1 fully saturated rings. The molecule has 3 aromatic rings. The van der Waals surface area contributed by atoms with E-state index in [0.29, 0.717) is 34.2 Å². The monoisotopic (exact) mass is 623 g/mol. The summed E-state index contributed by atoms with van der Waals surface area (Å²) in [5, 5.41) is 9.45. The number of nitrogens with one attached hydrogen (secondary N) is 3. The molecule has 0 radical (unpaired) electrons. The van der Waals surface area contributed by atoms with Gasteiger partial charge in [-0.15, -0.1) is 0 Å². The fraction of sp³-hybridized carbons (Fsp3) is 0.459. The van der Waals surface area contributed by atoms with E-state index in [2.05, 4.69) is 50.6 Å². The van der Waals surface area contributed by atoms with Crippen LogP contribution in [0.2, 0.25) is 0 Å². The molecule has 1 amide bonds. The van der Waals surface area contributed by atoms with Gasteiger partial charge >= 0.3 is 0 Å². The normalized spacial score (nSPS) is 19.1. The molecular formula is C37H51F2N3O3. The number of ether oxygens (including phenoxy) is 1. The number of halogens is 2.